The van der Waals surface area contributed by atoms with Crippen molar-refractivity contribution in [1.29, 1.82) is 0 Å². The van der Waals surface area contributed by atoms with E-state index >= 15 is 0 Å². The maximum absolute atomic E-state index is 11.7. The van der Waals surface area contributed by atoms with Crippen molar-refractivity contribution in [3.05, 3.63) is 35.9 Å². The molecule has 0 radical (unpaired) electrons. The minimum atomic E-state index is -1.11. The molecule has 6 nitrogen and oxygen atoms in total. The zero-order chi connectivity index (χ0) is 15.0. The van der Waals surface area contributed by atoms with Crippen molar-refractivity contribution < 1.29 is 24.5 Å². The second-order valence-corrected chi connectivity index (χ2v) is 4.38. The smallest absolute Gasteiger partial charge is 0.323 e. The Morgan fingerprint density at radius 1 is 1.30 bits per heavy atom. The number of hydrogen-bond acceptors (Lipinski definition) is 5. The molecule has 0 saturated carbocycles. The van der Waals surface area contributed by atoms with Crippen LogP contribution in [0.1, 0.15) is 18.9 Å². The van der Waals surface area contributed by atoms with Crippen LogP contribution in [-0.4, -0.2) is 40.8 Å². The van der Waals surface area contributed by atoms with Gasteiger partial charge in [0.2, 0.25) is 0 Å². The molecule has 3 N–H and O–H groups in total. The summed E-state index contributed by atoms with van der Waals surface area (Å²) < 4.78 is 5.09. The topological polar surface area (TPSA) is 95.9 Å². The molecule has 0 aromatic heterocycles. The average molecular weight is 281 g/mol. The molecule has 1 unspecified atom stereocenters. The summed E-state index contributed by atoms with van der Waals surface area (Å²) >= 11 is 0. The number of carbonyl (C=O) groups is 2. The van der Waals surface area contributed by atoms with Crippen LogP contribution in [0.25, 0.3) is 0 Å². The van der Waals surface area contributed by atoms with Crippen LogP contribution in [0.2, 0.25) is 0 Å². The van der Waals surface area contributed by atoms with E-state index in [0.717, 1.165) is 5.56 Å². The first-order valence-corrected chi connectivity index (χ1v) is 6.35. The molecule has 0 aliphatic rings. The average Bonchev–Trinajstić information content (AvgIpc) is 2.45. The van der Waals surface area contributed by atoms with Gasteiger partial charge in [0.25, 0.3) is 0 Å². The van der Waals surface area contributed by atoms with Crippen molar-refractivity contribution in [2.24, 2.45) is 0 Å². The normalized spacial score (nSPS) is 13.5. The highest BCUT2D eigenvalue weighted by Crippen LogP contribution is 2.03. The van der Waals surface area contributed by atoms with E-state index in [9.17, 15) is 9.59 Å². The number of aliphatic carboxylic acids is 1. The number of hydrogen-bond donors (Lipinski definition) is 3. The van der Waals surface area contributed by atoms with Crippen LogP contribution in [0.3, 0.4) is 0 Å². The van der Waals surface area contributed by atoms with Gasteiger partial charge in [0.15, 0.2) is 0 Å². The summed E-state index contributed by atoms with van der Waals surface area (Å²) in [6, 6.07) is 7.47. The fourth-order valence-electron chi connectivity index (χ4n) is 1.63. The van der Waals surface area contributed by atoms with Gasteiger partial charge >= 0.3 is 11.9 Å². The lowest BCUT2D eigenvalue weighted by Gasteiger charge is -2.18. The van der Waals surface area contributed by atoms with Crippen LogP contribution >= 0.6 is 0 Å². The number of ether oxygens (including phenoxy) is 1. The second-order valence-electron chi connectivity index (χ2n) is 4.38. The molecule has 0 heterocycles. The first kappa shape index (κ1) is 16.1. The summed E-state index contributed by atoms with van der Waals surface area (Å²) in [5, 5.41) is 20.3. The Morgan fingerprint density at radius 3 is 2.50 bits per heavy atom. The van der Waals surface area contributed by atoms with E-state index in [0.29, 0.717) is 0 Å². The fourth-order valence-corrected chi connectivity index (χ4v) is 1.63. The summed E-state index contributed by atoms with van der Waals surface area (Å²) in [7, 11) is 0. The minimum Gasteiger partial charge on any atom is -0.480 e. The zero-order valence-corrected chi connectivity index (χ0v) is 11.3. The van der Waals surface area contributed by atoms with Crippen LogP contribution in [0.15, 0.2) is 30.3 Å². The van der Waals surface area contributed by atoms with Crippen LogP contribution < -0.4 is 5.32 Å². The first-order valence-electron chi connectivity index (χ1n) is 6.35. The molecule has 0 aliphatic heterocycles. The number of aliphatic hydroxyl groups excluding tert-OH is 1. The third-order valence-electron chi connectivity index (χ3n) is 2.74. The zero-order valence-electron chi connectivity index (χ0n) is 11.3. The largest absolute Gasteiger partial charge is 0.480 e. The molecule has 6 heteroatoms. The molecule has 0 saturated heterocycles. The Labute approximate surface area is 117 Å². The first-order chi connectivity index (χ1) is 9.54. The maximum Gasteiger partial charge on any atom is 0.323 e. The molecule has 1 aromatic rings. The number of nitrogens with one attached hydrogen (secondary N) is 1. The highest BCUT2D eigenvalue weighted by Gasteiger charge is 2.23. The standard InChI is InChI=1S/C14H19NO5/c1-10(15-12(7-8-16)13(17)18)14(19)20-9-11-5-3-2-4-6-11/h2-6,10,12,15-16H,7-9H2,1H3,(H,17,18)/t10?,12-/m0/s1. The lowest BCUT2D eigenvalue weighted by molar-refractivity contribution is -0.148. The molecule has 1 aromatic carbocycles. The lowest BCUT2D eigenvalue weighted by atomic mass is 10.2. The fraction of sp³-hybridized carbons (Fsp3) is 0.429. The van der Waals surface area contributed by atoms with E-state index in [1.807, 2.05) is 30.3 Å². The molecule has 0 bridgehead atoms. The predicted octanol–water partition coefficient (Wildman–Crippen LogP) is 0.544. The minimum absolute atomic E-state index is 0.0334. The SMILES string of the molecule is CC(N[C@@H](CCO)C(=O)O)C(=O)OCc1ccccc1. The van der Waals surface area contributed by atoms with Gasteiger partial charge in [-0.1, -0.05) is 30.3 Å². The summed E-state index contributed by atoms with van der Waals surface area (Å²) in [6.07, 6.45) is 0.0334. The Bertz CT molecular complexity index is 434. The van der Waals surface area contributed by atoms with Crippen LogP contribution in [-0.2, 0) is 20.9 Å². The van der Waals surface area contributed by atoms with Crippen molar-refractivity contribution >= 4 is 11.9 Å². The number of carboxylic acid groups (broad SMARTS) is 1. The van der Waals surface area contributed by atoms with Crippen molar-refractivity contribution in [1.82, 2.24) is 5.32 Å². The van der Waals surface area contributed by atoms with E-state index in [4.69, 9.17) is 14.9 Å². The molecule has 1 rings (SSSR count). The van der Waals surface area contributed by atoms with Crippen LogP contribution in [0.4, 0.5) is 0 Å². The van der Waals surface area contributed by atoms with E-state index in [2.05, 4.69) is 5.32 Å². The second kappa shape index (κ2) is 8.29. The number of benzene rings is 1. The van der Waals surface area contributed by atoms with Crippen LogP contribution in [0.5, 0.6) is 0 Å². The van der Waals surface area contributed by atoms with Gasteiger partial charge in [-0.2, -0.15) is 0 Å². The Balaban J connectivity index is 2.44. The van der Waals surface area contributed by atoms with Crippen molar-refractivity contribution in [2.45, 2.75) is 32.0 Å². The molecule has 0 aliphatic carbocycles. The quantitative estimate of drug-likeness (QED) is 0.602. The predicted molar refractivity (Wildman–Crippen MR) is 72.0 cm³/mol. The monoisotopic (exact) mass is 281 g/mol. The molecule has 20 heavy (non-hydrogen) atoms. The molecule has 0 spiro atoms. The van der Waals surface area contributed by atoms with E-state index in [-0.39, 0.29) is 19.6 Å². The van der Waals surface area contributed by atoms with Crippen LogP contribution in [0, 0.1) is 0 Å². The Hall–Kier alpha value is -1.92. The van der Waals surface area contributed by atoms with Gasteiger partial charge in [-0.25, -0.2) is 0 Å². The molecule has 2 atom stereocenters. The van der Waals surface area contributed by atoms with Gasteiger partial charge in [0.1, 0.15) is 18.7 Å². The number of rotatable bonds is 8. The van der Waals surface area contributed by atoms with Crippen molar-refractivity contribution in [2.75, 3.05) is 6.61 Å². The van der Waals surface area contributed by atoms with E-state index in [1.165, 1.54) is 6.92 Å². The van der Waals surface area contributed by atoms with Crippen molar-refractivity contribution in [3.8, 4) is 0 Å². The highest BCUT2D eigenvalue weighted by atomic mass is 16.5. The van der Waals surface area contributed by atoms with Gasteiger partial charge in [-0.15, -0.1) is 0 Å². The Morgan fingerprint density at radius 2 is 1.95 bits per heavy atom. The van der Waals surface area contributed by atoms with Gasteiger partial charge < -0.3 is 14.9 Å². The molecule has 0 fully saturated rings. The summed E-state index contributed by atoms with van der Waals surface area (Å²) in [6.45, 7) is 1.40. The third kappa shape index (κ3) is 5.38. The van der Waals surface area contributed by atoms with Gasteiger partial charge in [0, 0.05) is 6.61 Å². The Kier molecular flexibility index (Phi) is 6.69. The number of aliphatic hydroxyl groups is 1. The molecular formula is C14H19NO5. The number of esters is 1. The molecule has 110 valence electrons. The van der Waals surface area contributed by atoms with Gasteiger partial charge in [-0.3, -0.25) is 14.9 Å². The lowest BCUT2D eigenvalue weighted by Crippen LogP contribution is -2.46. The number of carbonyl (C=O) groups excluding carboxylic acids is 1. The number of carboxylic acids is 1. The summed E-state index contributed by atoms with van der Waals surface area (Å²) in [5.41, 5.74) is 0.859. The van der Waals surface area contributed by atoms with E-state index < -0.39 is 24.0 Å². The van der Waals surface area contributed by atoms with E-state index in [1.54, 1.807) is 0 Å². The van der Waals surface area contributed by atoms with Gasteiger partial charge in [-0.05, 0) is 18.9 Å². The molecular weight excluding hydrogens is 262 g/mol. The van der Waals surface area contributed by atoms with Crippen molar-refractivity contribution in [3.63, 3.8) is 0 Å². The highest BCUT2D eigenvalue weighted by molar-refractivity contribution is 5.78. The molecule has 0 amide bonds. The maximum atomic E-state index is 11.7. The summed E-state index contributed by atoms with van der Waals surface area (Å²) in [5.74, 6) is -1.64. The third-order valence-corrected chi connectivity index (χ3v) is 2.74. The summed E-state index contributed by atoms with van der Waals surface area (Å²) in [4.78, 5) is 22.6. The van der Waals surface area contributed by atoms with Gasteiger partial charge in [0.05, 0.1) is 0 Å².